The van der Waals surface area contributed by atoms with Crippen LogP contribution < -0.4 is 10.6 Å². The molecule has 2 N–H and O–H groups in total. The molecule has 0 aromatic rings. The molecule has 0 aromatic heterocycles. The van der Waals surface area contributed by atoms with Gasteiger partial charge < -0.3 is 25.3 Å². The first-order chi connectivity index (χ1) is 13.0. The Hall–Kier alpha value is -1.34. The SMILES string of the molecule is CCNC(=NCC1(C(=O)N(C)C)CCCC1)NCCN1CCCN(C)CC1. The highest BCUT2D eigenvalue weighted by atomic mass is 16.2. The smallest absolute Gasteiger partial charge is 0.230 e. The van der Waals surface area contributed by atoms with E-state index in [1.165, 1.54) is 19.5 Å². The predicted octanol–water partition coefficient (Wildman–Crippen LogP) is 0.828. The van der Waals surface area contributed by atoms with Gasteiger partial charge in [0.25, 0.3) is 0 Å². The van der Waals surface area contributed by atoms with Crippen LogP contribution in [0, 0.1) is 5.41 Å². The van der Waals surface area contributed by atoms with E-state index in [0.29, 0.717) is 6.54 Å². The number of hydrogen-bond acceptors (Lipinski definition) is 4. The lowest BCUT2D eigenvalue weighted by Gasteiger charge is -2.29. The van der Waals surface area contributed by atoms with Gasteiger partial charge in [-0.05, 0) is 46.3 Å². The van der Waals surface area contributed by atoms with Crippen molar-refractivity contribution in [1.82, 2.24) is 25.3 Å². The van der Waals surface area contributed by atoms with Gasteiger partial charge in [-0.3, -0.25) is 9.79 Å². The number of carbonyl (C=O) groups excluding carboxylic acids is 1. The van der Waals surface area contributed by atoms with E-state index in [-0.39, 0.29) is 11.3 Å². The van der Waals surface area contributed by atoms with Crippen molar-refractivity contribution >= 4 is 11.9 Å². The van der Waals surface area contributed by atoms with Crippen LogP contribution in [0.25, 0.3) is 0 Å². The van der Waals surface area contributed by atoms with Crippen LogP contribution in [0.4, 0.5) is 0 Å². The van der Waals surface area contributed by atoms with Crippen LogP contribution >= 0.6 is 0 Å². The molecule has 1 amide bonds. The molecule has 0 atom stereocenters. The number of amides is 1. The lowest BCUT2D eigenvalue weighted by molar-refractivity contribution is -0.138. The Morgan fingerprint density at radius 3 is 2.48 bits per heavy atom. The molecule has 1 saturated heterocycles. The highest BCUT2D eigenvalue weighted by molar-refractivity contribution is 5.84. The first kappa shape index (κ1) is 22.0. The summed E-state index contributed by atoms with van der Waals surface area (Å²) < 4.78 is 0. The van der Waals surface area contributed by atoms with Gasteiger partial charge in [-0.15, -0.1) is 0 Å². The average molecular weight is 381 g/mol. The van der Waals surface area contributed by atoms with E-state index >= 15 is 0 Å². The van der Waals surface area contributed by atoms with E-state index in [1.54, 1.807) is 4.90 Å². The van der Waals surface area contributed by atoms with Gasteiger partial charge in [-0.25, -0.2) is 0 Å². The fourth-order valence-electron chi connectivity index (χ4n) is 4.19. The monoisotopic (exact) mass is 380 g/mol. The fraction of sp³-hybridized carbons (Fsp3) is 0.900. The van der Waals surface area contributed by atoms with Gasteiger partial charge in [-0.2, -0.15) is 0 Å². The summed E-state index contributed by atoms with van der Waals surface area (Å²) in [7, 11) is 5.91. The van der Waals surface area contributed by atoms with E-state index in [1.807, 2.05) is 14.1 Å². The molecular formula is C20H40N6O. The van der Waals surface area contributed by atoms with Gasteiger partial charge in [0.05, 0.1) is 12.0 Å². The van der Waals surface area contributed by atoms with E-state index in [0.717, 1.165) is 64.4 Å². The standard InChI is InChI=1S/C20H40N6O/c1-5-21-19(22-11-14-26-13-8-12-25(4)15-16-26)23-17-20(9-6-7-10-20)18(27)24(2)3/h5-17H2,1-4H3,(H2,21,22,23). The van der Waals surface area contributed by atoms with Crippen molar-refractivity contribution in [3.8, 4) is 0 Å². The van der Waals surface area contributed by atoms with E-state index in [4.69, 9.17) is 4.99 Å². The fourth-order valence-corrected chi connectivity index (χ4v) is 4.19. The summed E-state index contributed by atoms with van der Waals surface area (Å²) in [5.74, 6) is 1.07. The summed E-state index contributed by atoms with van der Waals surface area (Å²) in [5.41, 5.74) is -0.304. The zero-order valence-corrected chi connectivity index (χ0v) is 17.9. The zero-order chi connectivity index (χ0) is 19.7. The molecule has 7 nitrogen and oxygen atoms in total. The summed E-state index contributed by atoms with van der Waals surface area (Å²) in [6, 6.07) is 0. The third kappa shape index (κ3) is 6.64. The van der Waals surface area contributed by atoms with Gasteiger partial charge in [0.1, 0.15) is 0 Å². The largest absolute Gasteiger partial charge is 0.357 e. The maximum absolute atomic E-state index is 12.7. The van der Waals surface area contributed by atoms with Crippen LogP contribution in [0.15, 0.2) is 4.99 Å². The Kier molecular flexibility index (Phi) is 8.83. The molecule has 0 spiro atoms. The minimum Gasteiger partial charge on any atom is -0.357 e. The molecule has 1 aliphatic carbocycles. The number of nitrogens with zero attached hydrogens (tertiary/aromatic N) is 4. The molecule has 0 radical (unpaired) electrons. The van der Waals surface area contributed by atoms with Gasteiger partial charge in [0, 0.05) is 46.8 Å². The lowest BCUT2D eigenvalue weighted by Crippen LogP contribution is -2.44. The van der Waals surface area contributed by atoms with Crippen LogP contribution in [0.3, 0.4) is 0 Å². The Morgan fingerprint density at radius 2 is 1.81 bits per heavy atom. The minimum atomic E-state index is -0.304. The number of likely N-dealkylation sites (N-methyl/N-ethyl adjacent to an activating group) is 1. The number of carbonyl (C=O) groups is 1. The first-order valence-electron chi connectivity index (χ1n) is 10.6. The number of rotatable bonds is 7. The molecule has 2 rings (SSSR count). The van der Waals surface area contributed by atoms with Gasteiger partial charge in [0.2, 0.25) is 5.91 Å². The second-order valence-electron chi connectivity index (χ2n) is 8.31. The predicted molar refractivity (Wildman–Crippen MR) is 112 cm³/mol. The second-order valence-corrected chi connectivity index (χ2v) is 8.31. The van der Waals surface area contributed by atoms with E-state index < -0.39 is 0 Å². The Labute approximate surface area is 165 Å². The average Bonchev–Trinajstić information content (AvgIpc) is 3.03. The Balaban J connectivity index is 1.88. The topological polar surface area (TPSA) is 63.2 Å². The van der Waals surface area contributed by atoms with Crippen molar-refractivity contribution < 1.29 is 4.79 Å². The van der Waals surface area contributed by atoms with Gasteiger partial charge >= 0.3 is 0 Å². The number of aliphatic imine (C=N–C) groups is 1. The molecule has 1 heterocycles. The number of nitrogens with one attached hydrogen (secondary N) is 2. The van der Waals surface area contributed by atoms with Crippen LogP contribution in [0.5, 0.6) is 0 Å². The van der Waals surface area contributed by atoms with Crippen molar-refractivity contribution in [2.45, 2.75) is 39.0 Å². The molecule has 0 unspecified atom stereocenters. The van der Waals surface area contributed by atoms with Gasteiger partial charge in [-0.1, -0.05) is 12.8 Å². The number of hydrogen-bond donors (Lipinski definition) is 2. The summed E-state index contributed by atoms with van der Waals surface area (Å²) in [6.07, 6.45) is 5.40. The Bertz CT molecular complexity index is 487. The van der Waals surface area contributed by atoms with Crippen molar-refractivity contribution in [1.29, 1.82) is 0 Å². The summed E-state index contributed by atoms with van der Waals surface area (Å²) in [5, 5.41) is 6.80. The number of guanidine groups is 1. The molecule has 2 aliphatic rings. The van der Waals surface area contributed by atoms with Crippen LogP contribution in [0.1, 0.15) is 39.0 Å². The van der Waals surface area contributed by atoms with Crippen molar-refractivity contribution in [2.24, 2.45) is 10.4 Å². The third-order valence-electron chi connectivity index (χ3n) is 5.84. The normalized spacial score (nSPS) is 21.7. The maximum Gasteiger partial charge on any atom is 0.230 e. The van der Waals surface area contributed by atoms with Crippen molar-refractivity contribution in [2.75, 3.05) is 73.5 Å². The lowest BCUT2D eigenvalue weighted by atomic mass is 9.85. The summed E-state index contributed by atoms with van der Waals surface area (Å²) in [6.45, 7) is 10.0. The maximum atomic E-state index is 12.7. The third-order valence-corrected chi connectivity index (χ3v) is 5.84. The van der Waals surface area contributed by atoms with E-state index in [9.17, 15) is 4.79 Å². The molecule has 0 aromatic carbocycles. The van der Waals surface area contributed by atoms with E-state index in [2.05, 4.69) is 34.4 Å². The van der Waals surface area contributed by atoms with Crippen LogP contribution in [0.2, 0.25) is 0 Å². The van der Waals surface area contributed by atoms with Crippen LogP contribution in [-0.4, -0.2) is 100 Å². The molecule has 27 heavy (non-hydrogen) atoms. The zero-order valence-electron chi connectivity index (χ0n) is 17.9. The molecule has 156 valence electrons. The van der Waals surface area contributed by atoms with Crippen molar-refractivity contribution in [3.05, 3.63) is 0 Å². The quantitative estimate of drug-likeness (QED) is 0.506. The highest BCUT2D eigenvalue weighted by Gasteiger charge is 2.42. The highest BCUT2D eigenvalue weighted by Crippen LogP contribution is 2.39. The summed E-state index contributed by atoms with van der Waals surface area (Å²) >= 11 is 0. The minimum absolute atomic E-state index is 0.230. The molecular weight excluding hydrogens is 340 g/mol. The van der Waals surface area contributed by atoms with Gasteiger partial charge in [0.15, 0.2) is 5.96 Å². The summed E-state index contributed by atoms with van der Waals surface area (Å²) in [4.78, 5) is 24.2. The van der Waals surface area contributed by atoms with Crippen LogP contribution in [-0.2, 0) is 4.79 Å². The second kappa shape index (κ2) is 10.9. The Morgan fingerprint density at radius 1 is 1.07 bits per heavy atom. The molecule has 7 heteroatoms. The molecule has 2 fully saturated rings. The molecule has 1 saturated carbocycles. The van der Waals surface area contributed by atoms with Crippen molar-refractivity contribution in [3.63, 3.8) is 0 Å². The first-order valence-corrected chi connectivity index (χ1v) is 10.6. The molecule has 1 aliphatic heterocycles. The molecule has 0 bridgehead atoms.